The van der Waals surface area contributed by atoms with Crippen molar-refractivity contribution in [2.75, 3.05) is 20.7 Å². The second-order valence-corrected chi connectivity index (χ2v) is 5.38. The van der Waals surface area contributed by atoms with E-state index in [0.29, 0.717) is 12.3 Å². The second-order valence-electron chi connectivity index (χ2n) is 5.38. The lowest BCUT2D eigenvalue weighted by Gasteiger charge is -2.21. The highest BCUT2D eigenvalue weighted by Gasteiger charge is 2.16. The Morgan fingerprint density at radius 3 is 2.52 bits per heavy atom. The van der Waals surface area contributed by atoms with Crippen LogP contribution in [0.5, 0.6) is 11.5 Å². The number of phenols is 1. The summed E-state index contributed by atoms with van der Waals surface area (Å²) in [4.78, 5) is 1.77. The third-order valence-corrected chi connectivity index (χ3v) is 3.50. The molecule has 0 aromatic heterocycles. The fourth-order valence-corrected chi connectivity index (χ4v) is 2.38. The molecule has 0 saturated carbocycles. The molecular formula is C17H19F2NO3. The highest BCUT2D eigenvalue weighted by atomic mass is 19.1. The number of hydrogen-bond donors (Lipinski definition) is 2. The summed E-state index contributed by atoms with van der Waals surface area (Å²) in [5.41, 5.74) is 0.869. The Kier molecular flexibility index (Phi) is 5.52. The monoisotopic (exact) mass is 323 g/mol. The summed E-state index contributed by atoms with van der Waals surface area (Å²) >= 11 is 0. The lowest BCUT2D eigenvalue weighted by Crippen LogP contribution is -2.24. The molecule has 0 radical (unpaired) electrons. The van der Waals surface area contributed by atoms with Crippen molar-refractivity contribution < 1.29 is 23.7 Å². The Balaban J connectivity index is 2.01. The van der Waals surface area contributed by atoms with Crippen molar-refractivity contribution in [3.05, 3.63) is 59.2 Å². The smallest absolute Gasteiger partial charge is 0.160 e. The SMILES string of the molecule is COc1ccc(CN(C)CC(O)c2ccc(F)cc2F)cc1O. The lowest BCUT2D eigenvalue weighted by atomic mass is 10.1. The third-order valence-electron chi connectivity index (χ3n) is 3.50. The molecule has 1 unspecified atom stereocenters. The van der Waals surface area contributed by atoms with Gasteiger partial charge in [0.15, 0.2) is 11.5 Å². The van der Waals surface area contributed by atoms with Crippen LogP contribution >= 0.6 is 0 Å². The van der Waals surface area contributed by atoms with Crippen molar-refractivity contribution in [3.63, 3.8) is 0 Å². The second kappa shape index (κ2) is 7.39. The maximum absolute atomic E-state index is 13.6. The molecule has 2 aromatic rings. The van der Waals surface area contributed by atoms with Crippen LogP contribution in [0.4, 0.5) is 8.78 Å². The van der Waals surface area contributed by atoms with Gasteiger partial charge in [-0.2, -0.15) is 0 Å². The first-order valence-electron chi connectivity index (χ1n) is 7.08. The number of aliphatic hydroxyl groups excluding tert-OH is 1. The van der Waals surface area contributed by atoms with E-state index in [1.807, 2.05) is 0 Å². The number of methoxy groups -OCH3 is 1. The number of nitrogens with zero attached hydrogens (tertiary/aromatic N) is 1. The fraction of sp³-hybridized carbons (Fsp3) is 0.294. The number of halogens is 2. The molecule has 0 aliphatic rings. The van der Waals surface area contributed by atoms with Gasteiger partial charge in [-0.15, -0.1) is 0 Å². The zero-order chi connectivity index (χ0) is 17.0. The number of likely N-dealkylation sites (N-methyl/N-ethyl adjacent to an activating group) is 1. The van der Waals surface area contributed by atoms with Gasteiger partial charge in [0.05, 0.1) is 13.2 Å². The van der Waals surface area contributed by atoms with E-state index in [1.165, 1.54) is 13.2 Å². The average molecular weight is 323 g/mol. The average Bonchev–Trinajstić information content (AvgIpc) is 2.47. The van der Waals surface area contributed by atoms with Gasteiger partial charge in [-0.05, 0) is 30.8 Å². The minimum atomic E-state index is -1.08. The minimum Gasteiger partial charge on any atom is -0.504 e. The lowest BCUT2D eigenvalue weighted by molar-refractivity contribution is 0.120. The maximum Gasteiger partial charge on any atom is 0.160 e. The number of aromatic hydroxyl groups is 1. The van der Waals surface area contributed by atoms with Crippen LogP contribution in [0.3, 0.4) is 0 Å². The summed E-state index contributed by atoms with van der Waals surface area (Å²) in [7, 11) is 3.22. The molecule has 0 saturated heterocycles. The summed E-state index contributed by atoms with van der Waals surface area (Å²) in [6.07, 6.45) is -1.08. The predicted molar refractivity (Wildman–Crippen MR) is 82.3 cm³/mol. The summed E-state index contributed by atoms with van der Waals surface area (Å²) in [5.74, 6) is -1.04. The molecule has 124 valence electrons. The fourth-order valence-electron chi connectivity index (χ4n) is 2.38. The summed E-state index contributed by atoms with van der Waals surface area (Å²) in [6.45, 7) is 0.604. The van der Waals surface area contributed by atoms with E-state index in [2.05, 4.69) is 0 Å². The first kappa shape index (κ1) is 17.2. The van der Waals surface area contributed by atoms with Crippen molar-refractivity contribution in [1.29, 1.82) is 0 Å². The quantitative estimate of drug-likeness (QED) is 0.858. The van der Waals surface area contributed by atoms with E-state index >= 15 is 0 Å². The van der Waals surface area contributed by atoms with Crippen LogP contribution in [0.2, 0.25) is 0 Å². The van der Waals surface area contributed by atoms with Gasteiger partial charge in [0.25, 0.3) is 0 Å². The highest BCUT2D eigenvalue weighted by molar-refractivity contribution is 5.41. The van der Waals surface area contributed by atoms with Gasteiger partial charge >= 0.3 is 0 Å². The van der Waals surface area contributed by atoms with Gasteiger partial charge < -0.3 is 14.9 Å². The molecule has 0 spiro atoms. The predicted octanol–water partition coefficient (Wildman–Crippen LogP) is 2.84. The summed E-state index contributed by atoms with van der Waals surface area (Å²) in [5, 5.41) is 19.9. The molecule has 0 heterocycles. The first-order chi connectivity index (χ1) is 10.9. The Morgan fingerprint density at radius 1 is 1.17 bits per heavy atom. The van der Waals surface area contributed by atoms with Crippen LogP contribution in [-0.2, 0) is 6.54 Å². The van der Waals surface area contributed by atoms with Crippen LogP contribution in [0.25, 0.3) is 0 Å². The van der Waals surface area contributed by atoms with Crippen LogP contribution in [0, 0.1) is 11.6 Å². The van der Waals surface area contributed by atoms with Gasteiger partial charge in [-0.1, -0.05) is 12.1 Å². The Morgan fingerprint density at radius 2 is 1.91 bits per heavy atom. The molecule has 2 aromatic carbocycles. The topological polar surface area (TPSA) is 52.9 Å². The van der Waals surface area contributed by atoms with Gasteiger partial charge in [0.2, 0.25) is 0 Å². The maximum atomic E-state index is 13.6. The van der Waals surface area contributed by atoms with E-state index in [9.17, 15) is 19.0 Å². The highest BCUT2D eigenvalue weighted by Crippen LogP contribution is 2.27. The Bertz CT molecular complexity index is 679. The molecule has 4 nitrogen and oxygen atoms in total. The molecule has 0 aliphatic carbocycles. The zero-order valence-electron chi connectivity index (χ0n) is 13.0. The minimum absolute atomic E-state index is 0.0310. The van der Waals surface area contributed by atoms with E-state index < -0.39 is 17.7 Å². The van der Waals surface area contributed by atoms with Crippen molar-refractivity contribution in [3.8, 4) is 11.5 Å². The zero-order valence-corrected chi connectivity index (χ0v) is 13.0. The van der Waals surface area contributed by atoms with Crippen LogP contribution in [0.15, 0.2) is 36.4 Å². The molecular weight excluding hydrogens is 304 g/mol. The van der Waals surface area contributed by atoms with Crippen molar-refractivity contribution in [2.45, 2.75) is 12.6 Å². The summed E-state index contributed by atoms with van der Waals surface area (Å²) in [6, 6.07) is 8.11. The Hall–Kier alpha value is -2.18. The number of rotatable bonds is 6. The number of ether oxygens (including phenoxy) is 1. The van der Waals surface area contributed by atoms with Gasteiger partial charge in [0.1, 0.15) is 11.6 Å². The largest absolute Gasteiger partial charge is 0.504 e. The molecule has 2 rings (SSSR count). The third kappa shape index (κ3) is 4.40. The summed E-state index contributed by atoms with van der Waals surface area (Å²) < 4.78 is 31.5. The molecule has 23 heavy (non-hydrogen) atoms. The number of aliphatic hydroxyl groups is 1. The van der Waals surface area contributed by atoms with Gasteiger partial charge in [-0.25, -0.2) is 8.78 Å². The van der Waals surface area contributed by atoms with E-state index in [1.54, 1.807) is 30.1 Å². The molecule has 2 N–H and O–H groups in total. The molecule has 1 atom stereocenters. The van der Waals surface area contributed by atoms with Crippen molar-refractivity contribution >= 4 is 0 Å². The van der Waals surface area contributed by atoms with Crippen LogP contribution < -0.4 is 4.74 Å². The number of benzene rings is 2. The van der Waals surface area contributed by atoms with Gasteiger partial charge in [0, 0.05) is 24.7 Å². The Labute approximate surface area is 133 Å². The van der Waals surface area contributed by atoms with Crippen LogP contribution in [-0.4, -0.2) is 35.8 Å². The number of phenolic OH excluding ortho intramolecular Hbond substituents is 1. The molecule has 0 aliphatic heterocycles. The van der Waals surface area contributed by atoms with Crippen molar-refractivity contribution in [1.82, 2.24) is 4.90 Å². The standard InChI is InChI=1S/C17H19F2NO3/c1-20(9-11-3-6-17(23-2)15(21)7-11)10-16(22)13-5-4-12(18)8-14(13)19/h3-8,16,21-22H,9-10H2,1-2H3. The molecule has 0 fully saturated rings. The molecule has 0 bridgehead atoms. The normalized spacial score (nSPS) is 12.4. The van der Waals surface area contributed by atoms with Crippen LogP contribution in [0.1, 0.15) is 17.2 Å². The molecule has 6 heteroatoms. The molecule has 0 amide bonds. The van der Waals surface area contributed by atoms with Crippen molar-refractivity contribution in [2.24, 2.45) is 0 Å². The van der Waals surface area contributed by atoms with E-state index in [4.69, 9.17) is 4.74 Å². The van der Waals surface area contributed by atoms with Gasteiger partial charge in [-0.3, -0.25) is 4.90 Å². The van der Waals surface area contributed by atoms with E-state index in [0.717, 1.165) is 17.7 Å². The number of hydrogen-bond acceptors (Lipinski definition) is 4. The van der Waals surface area contributed by atoms with E-state index in [-0.39, 0.29) is 17.9 Å². The first-order valence-corrected chi connectivity index (χ1v) is 7.08.